The standard InChI is InChI=1S/C16H15BrN4O2/c1-15(2,8-18)20-21-16(3,9-19)7-13-12-6-10(17)4-5-11(12)14(22)23-13/h4-6,13H,7H2,1-3H3/b21-20+. The first-order chi connectivity index (χ1) is 10.7. The monoisotopic (exact) mass is 374 g/mol. The Morgan fingerprint density at radius 3 is 2.57 bits per heavy atom. The van der Waals surface area contributed by atoms with E-state index in [1.54, 1.807) is 39.0 Å². The summed E-state index contributed by atoms with van der Waals surface area (Å²) in [6.45, 7) is 4.82. The first-order valence-corrected chi connectivity index (χ1v) is 7.76. The molecule has 23 heavy (non-hydrogen) atoms. The Kier molecular flexibility index (Phi) is 4.53. The van der Waals surface area contributed by atoms with E-state index in [9.17, 15) is 10.1 Å². The van der Waals surface area contributed by atoms with Crippen LogP contribution in [0.15, 0.2) is 32.9 Å². The van der Waals surface area contributed by atoms with Gasteiger partial charge in [0.15, 0.2) is 11.1 Å². The lowest BCUT2D eigenvalue weighted by Gasteiger charge is -2.21. The van der Waals surface area contributed by atoms with Crippen LogP contribution in [0.2, 0.25) is 0 Å². The number of fused-ring (bicyclic) bond motifs is 1. The third-order valence-electron chi connectivity index (χ3n) is 3.45. The maximum Gasteiger partial charge on any atom is 0.339 e. The molecular formula is C16H15BrN4O2. The molecule has 6 nitrogen and oxygen atoms in total. The second-order valence-corrected chi connectivity index (χ2v) is 7.00. The van der Waals surface area contributed by atoms with Gasteiger partial charge in [-0.3, -0.25) is 0 Å². The highest BCUT2D eigenvalue weighted by molar-refractivity contribution is 9.10. The number of azo groups is 1. The lowest BCUT2D eigenvalue weighted by molar-refractivity contribution is 0.0340. The molecule has 0 spiro atoms. The molecule has 0 amide bonds. The van der Waals surface area contributed by atoms with Crippen LogP contribution in [0, 0.1) is 22.7 Å². The molecule has 0 N–H and O–H groups in total. The highest BCUT2D eigenvalue weighted by Crippen LogP contribution is 2.38. The van der Waals surface area contributed by atoms with Crippen molar-refractivity contribution in [2.75, 3.05) is 0 Å². The van der Waals surface area contributed by atoms with E-state index in [2.05, 4.69) is 32.2 Å². The van der Waals surface area contributed by atoms with E-state index in [1.807, 2.05) is 6.07 Å². The number of hydrogen-bond acceptors (Lipinski definition) is 6. The van der Waals surface area contributed by atoms with Gasteiger partial charge < -0.3 is 4.74 Å². The van der Waals surface area contributed by atoms with Gasteiger partial charge in [0.05, 0.1) is 17.7 Å². The van der Waals surface area contributed by atoms with E-state index in [0.29, 0.717) is 5.56 Å². The third-order valence-corrected chi connectivity index (χ3v) is 3.94. The number of esters is 1. The molecule has 0 saturated carbocycles. The highest BCUT2D eigenvalue weighted by atomic mass is 79.9. The Morgan fingerprint density at radius 1 is 1.26 bits per heavy atom. The molecule has 118 valence electrons. The Bertz CT molecular complexity index is 760. The maximum atomic E-state index is 11.9. The lowest BCUT2D eigenvalue weighted by atomic mass is 9.92. The number of carbonyl (C=O) groups is 1. The molecule has 2 unspecified atom stereocenters. The van der Waals surface area contributed by atoms with Crippen molar-refractivity contribution in [1.29, 1.82) is 10.5 Å². The number of nitrogens with zero attached hydrogens (tertiary/aromatic N) is 4. The van der Waals surface area contributed by atoms with Gasteiger partial charge in [-0.1, -0.05) is 15.9 Å². The predicted molar refractivity (Wildman–Crippen MR) is 85.5 cm³/mol. The summed E-state index contributed by atoms with van der Waals surface area (Å²) in [7, 11) is 0. The summed E-state index contributed by atoms with van der Waals surface area (Å²) in [4.78, 5) is 11.9. The van der Waals surface area contributed by atoms with E-state index in [4.69, 9.17) is 10.00 Å². The van der Waals surface area contributed by atoms with Crippen molar-refractivity contribution >= 4 is 21.9 Å². The third kappa shape index (κ3) is 3.75. The minimum atomic E-state index is -1.19. The maximum absolute atomic E-state index is 11.9. The zero-order chi connectivity index (χ0) is 17.3. The molecule has 1 heterocycles. The van der Waals surface area contributed by atoms with Crippen LogP contribution in [-0.4, -0.2) is 17.0 Å². The molecule has 2 atom stereocenters. The summed E-state index contributed by atoms with van der Waals surface area (Å²) in [6.07, 6.45) is -0.396. The molecule has 7 heteroatoms. The van der Waals surface area contributed by atoms with Crippen LogP contribution in [0.5, 0.6) is 0 Å². The largest absolute Gasteiger partial charge is 0.454 e. The van der Waals surface area contributed by atoms with E-state index in [1.165, 1.54) is 0 Å². The van der Waals surface area contributed by atoms with Gasteiger partial charge in [0, 0.05) is 16.5 Å². The average molecular weight is 375 g/mol. The Hall–Kier alpha value is -2.25. The van der Waals surface area contributed by atoms with E-state index in [0.717, 1.165) is 10.0 Å². The minimum absolute atomic E-state index is 0.170. The minimum Gasteiger partial charge on any atom is -0.454 e. The topological polar surface area (TPSA) is 98.6 Å². The molecule has 1 aromatic rings. The Morgan fingerprint density at radius 2 is 1.96 bits per heavy atom. The molecule has 2 rings (SSSR count). The molecule has 1 aliphatic rings. The number of nitriles is 2. The number of ether oxygens (including phenoxy) is 1. The molecule has 0 aliphatic carbocycles. The van der Waals surface area contributed by atoms with Crippen LogP contribution in [0.4, 0.5) is 0 Å². The Labute approximate surface area is 142 Å². The highest BCUT2D eigenvalue weighted by Gasteiger charge is 2.38. The fourth-order valence-corrected chi connectivity index (χ4v) is 2.50. The number of rotatable bonds is 4. The number of benzene rings is 1. The van der Waals surface area contributed by atoms with Crippen LogP contribution >= 0.6 is 15.9 Å². The number of hydrogen-bond donors (Lipinski definition) is 0. The van der Waals surface area contributed by atoms with Crippen LogP contribution in [0.1, 0.15) is 49.2 Å². The van der Waals surface area contributed by atoms with Gasteiger partial charge in [-0.25, -0.2) is 4.79 Å². The van der Waals surface area contributed by atoms with Crippen molar-refractivity contribution in [3.8, 4) is 12.1 Å². The fourth-order valence-electron chi connectivity index (χ4n) is 2.12. The van der Waals surface area contributed by atoms with Crippen molar-refractivity contribution in [2.24, 2.45) is 10.2 Å². The number of cyclic esters (lactones) is 1. The van der Waals surface area contributed by atoms with Gasteiger partial charge in [-0.15, -0.1) is 0 Å². The van der Waals surface area contributed by atoms with Crippen molar-refractivity contribution in [3.05, 3.63) is 33.8 Å². The van der Waals surface area contributed by atoms with Crippen molar-refractivity contribution in [2.45, 2.75) is 44.4 Å². The smallest absolute Gasteiger partial charge is 0.339 e. The number of carbonyl (C=O) groups excluding carboxylic acids is 1. The van der Waals surface area contributed by atoms with E-state index < -0.39 is 23.2 Å². The van der Waals surface area contributed by atoms with Crippen molar-refractivity contribution in [1.82, 2.24) is 0 Å². The van der Waals surface area contributed by atoms with Gasteiger partial charge in [-0.2, -0.15) is 20.8 Å². The first-order valence-electron chi connectivity index (χ1n) is 6.97. The molecular weight excluding hydrogens is 360 g/mol. The summed E-state index contributed by atoms with van der Waals surface area (Å²) < 4.78 is 6.19. The quantitative estimate of drug-likeness (QED) is 0.585. The molecule has 1 aromatic carbocycles. The molecule has 0 aromatic heterocycles. The summed E-state index contributed by atoms with van der Waals surface area (Å²) in [5, 5.41) is 26.4. The van der Waals surface area contributed by atoms with Crippen molar-refractivity contribution in [3.63, 3.8) is 0 Å². The molecule has 0 saturated heterocycles. The van der Waals surface area contributed by atoms with E-state index in [-0.39, 0.29) is 6.42 Å². The summed E-state index contributed by atoms with van der Waals surface area (Å²) in [5.41, 5.74) is -0.984. The molecule has 0 fully saturated rings. The van der Waals surface area contributed by atoms with Crippen molar-refractivity contribution < 1.29 is 9.53 Å². The average Bonchev–Trinajstić information content (AvgIpc) is 2.81. The van der Waals surface area contributed by atoms with Crippen LogP contribution < -0.4 is 0 Å². The van der Waals surface area contributed by atoms with Gasteiger partial charge in [0.25, 0.3) is 0 Å². The molecule has 0 radical (unpaired) electrons. The van der Waals surface area contributed by atoms with Gasteiger partial charge in [0.2, 0.25) is 0 Å². The predicted octanol–water partition coefficient (Wildman–Crippen LogP) is 4.09. The van der Waals surface area contributed by atoms with Crippen LogP contribution in [-0.2, 0) is 4.74 Å². The lowest BCUT2D eigenvalue weighted by Crippen LogP contribution is -2.24. The second kappa shape index (κ2) is 6.10. The van der Waals surface area contributed by atoms with Crippen LogP contribution in [0.3, 0.4) is 0 Å². The van der Waals surface area contributed by atoms with Crippen LogP contribution in [0.25, 0.3) is 0 Å². The van der Waals surface area contributed by atoms with Gasteiger partial charge >= 0.3 is 5.97 Å². The SMILES string of the molecule is CC(C)(C#N)/N=N/C(C)(C#N)CC1OC(=O)c2ccc(Br)cc21. The van der Waals surface area contributed by atoms with Gasteiger partial charge in [0.1, 0.15) is 6.10 Å². The van der Waals surface area contributed by atoms with E-state index >= 15 is 0 Å². The fraction of sp³-hybridized carbons (Fsp3) is 0.438. The normalized spacial score (nSPS) is 19.6. The summed E-state index contributed by atoms with van der Waals surface area (Å²) in [6, 6.07) is 9.35. The van der Waals surface area contributed by atoms with Gasteiger partial charge in [-0.05, 0) is 39.0 Å². The number of halogens is 1. The Balaban J connectivity index is 2.28. The zero-order valence-electron chi connectivity index (χ0n) is 13.0. The molecule has 1 aliphatic heterocycles. The summed E-state index contributed by atoms with van der Waals surface area (Å²) in [5.74, 6) is -0.410. The first kappa shape index (κ1) is 17.1. The summed E-state index contributed by atoms with van der Waals surface area (Å²) >= 11 is 3.37. The molecule has 0 bridgehead atoms. The zero-order valence-corrected chi connectivity index (χ0v) is 14.6. The second-order valence-electron chi connectivity index (χ2n) is 6.09.